The third-order valence-corrected chi connectivity index (χ3v) is 5.44. The molecule has 0 spiro atoms. The van der Waals surface area contributed by atoms with E-state index >= 15 is 0 Å². The first-order valence-electron chi connectivity index (χ1n) is 10.0. The summed E-state index contributed by atoms with van der Waals surface area (Å²) in [6.07, 6.45) is 1.01. The molecule has 5 heteroatoms. The summed E-state index contributed by atoms with van der Waals surface area (Å²) in [5.74, 6) is 1.86. The maximum Gasteiger partial charge on any atom is 0.260 e. The highest BCUT2D eigenvalue weighted by Crippen LogP contribution is 2.26. The fourth-order valence-corrected chi connectivity index (χ4v) is 4.00. The van der Waals surface area contributed by atoms with E-state index in [0.717, 1.165) is 68.4 Å². The highest BCUT2D eigenvalue weighted by atomic mass is 16.5. The Labute approximate surface area is 166 Å². The van der Waals surface area contributed by atoms with E-state index in [4.69, 9.17) is 9.47 Å². The van der Waals surface area contributed by atoms with Gasteiger partial charge in [-0.1, -0.05) is 18.2 Å². The summed E-state index contributed by atoms with van der Waals surface area (Å²) in [5.41, 5.74) is 4.93. The molecular weight excluding hydrogens is 352 g/mol. The van der Waals surface area contributed by atoms with Crippen molar-refractivity contribution < 1.29 is 14.3 Å². The van der Waals surface area contributed by atoms with Crippen molar-refractivity contribution in [2.24, 2.45) is 0 Å². The van der Waals surface area contributed by atoms with Crippen LogP contribution in [0.5, 0.6) is 11.5 Å². The predicted octanol–water partition coefficient (Wildman–Crippen LogP) is 2.96. The van der Waals surface area contributed by atoms with Gasteiger partial charge in [-0.15, -0.1) is 0 Å². The fraction of sp³-hybridized carbons (Fsp3) is 0.435. The number of ether oxygens (including phenoxy) is 2. The molecule has 2 aliphatic rings. The van der Waals surface area contributed by atoms with Crippen LogP contribution in [0.2, 0.25) is 0 Å². The van der Waals surface area contributed by atoms with E-state index in [0.29, 0.717) is 0 Å². The Morgan fingerprint density at radius 1 is 1.04 bits per heavy atom. The average Bonchev–Trinajstić information content (AvgIpc) is 3.14. The second-order valence-electron chi connectivity index (χ2n) is 7.81. The molecule has 1 amide bonds. The average molecular weight is 380 g/mol. The van der Waals surface area contributed by atoms with Gasteiger partial charge in [0.25, 0.3) is 5.91 Å². The Hall–Kier alpha value is -2.53. The van der Waals surface area contributed by atoms with Crippen LogP contribution in [-0.4, -0.2) is 55.1 Å². The van der Waals surface area contributed by atoms with Crippen LogP contribution in [0.4, 0.5) is 0 Å². The van der Waals surface area contributed by atoms with E-state index in [1.165, 1.54) is 11.1 Å². The second kappa shape index (κ2) is 8.23. The number of fused-ring (bicyclic) bond motifs is 1. The molecule has 2 aromatic rings. The Morgan fingerprint density at radius 2 is 1.79 bits per heavy atom. The highest BCUT2D eigenvalue weighted by Gasteiger charge is 2.22. The highest BCUT2D eigenvalue weighted by molar-refractivity contribution is 5.77. The number of nitrogens with zero attached hydrogens (tertiary/aromatic N) is 2. The Bertz CT molecular complexity index is 837. The number of piperazine rings is 1. The summed E-state index contributed by atoms with van der Waals surface area (Å²) in [5, 5.41) is 0. The van der Waals surface area contributed by atoms with Crippen LogP contribution in [-0.2, 0) is 17.8 Å². The zero-order valence-electron chi connectivity index (χ0n) is 16.7. The number of benzene rings is 2. The van der Waals surface area contributed by atoms with Crippen molar-refractivity contribution >= 4 is 5.91 Å². The molecule has 28 heavy (non-hydrogen) atoms. The first-order chi connectivity index (χ1) is 13.6. The zero-order chi connectivity index (χ0) is 19.5. The third-order valence-electron chi connectivity index (χ3n) is 5.44. The lowest BCUT2D eigenvalue weighted by Crippen LogP contribution is -2.49. The zero-order valence-corrected chi connectivity index (χ0v) is 16.7. The van der Waals surface area contributed by atoms with E-state index < -0.39 is 0 Å². The van der Waals surface area contributed by atoms with Gasteiger partial charge >= 0.3 is 0 Å². The van der Waals surface area contributed by atoms with Crippen LogP contribution in [0.25, 0.3) is 0 Å². The molecule has 2 heterocycles. The van der Waals surface area contributed by atoms with Crippen molar-refractivity contribution in [2.75, 3.05) is 39.4 Å². The van der Waals surface area contributed by atoms with Gasteiger partial charge in [0.15, 0.2) is 6.61 Å². The minimum atomic E-state index is 0.0634. The molecule has 2 aliphatic heterocycles. The Kier molecular flexibility index (Phi) is 5.53. The van der Waals surface area contributed by atoms with E-state index in [9.17, 15) is 4.79 Å². The lowest BCUT2D eigenvalue weighted by atomic mass is 10.1. The van der Waals surface area contributed by atoms with Crippen molar-refractivity contribution in [2.45, 2.75) is 26.8 Å². The molecule has 5 nitrogen and oxygen atoms in total. The van der Waals surface area contributed by atoms with E-state index in [2.05, 4.69) is 29.2 Å². The maximum atomic E-state index is 12.5. The molecule has 0 bridgehead atoms. The molecule has 1 saturated heterocycles. The number of hydrogen-bond donors (Lipinski definition) is 0. The van der Waals surface area contributed by atoms with Crippen LogP contribution in [0.1, 0.15) is 22.3 Å². The largest absolute Gasteiger partial charge is 0.493 e. The van der Waals surface area contributed by atoms with Crippen molar-refractivity contribution in [1.82, 2.24) is 9.80 Å². The quantitative estimate of drug-likeness (QED) is 0.800. The van der Waals surface area contributed by atoms with Gasteiger partial charge in [0.1, 0.15) is 11.5 Å². The predicted molar refractivity (Wildman–Crippen MR) is 109 cm³/mol. The summed E-state index contributed by atoms with van der Waals surface area (Å²) in [7, 11) is 0. The summed E-state index contributed by atoms with van der Waals surface area (Å²) >= 11 is 0. The van der Waals surface area contributed by atoms with Crippen molar-refractivity contribution in [1.29, 1.82) is 0 Å². The van der Waals surface area contributed by atoms with Gasteiger partial charge in [0.05, 0.1) is 6.61 Å². The van der Waals surface area contributed by atoms with Gasteiger partial charge in [-0.3, -0.25) is 9.69 Å². The summed E-state index contributed by atoms with van der Waals surface area (Å²) in [4.78, 5) is 16.8. The Balaban J connectivity index is 1.25. The van der Waals surface area contributed by atoms with Crippen LogP contribution < -0.4 is 9.47 Å². The monoisotopic (exact) mass is 380 g/mol. The van der Waals surface area contributed by atoms with Crippen LogP contribution in [0.3, 0.4) is 0 Å². The number of carbonyl (C=O) groups excluding carboxylic acids is 1. The summed E-state index contributed by atoms with van der Waals surface area (Å²) < 4.78 is 11.3. The second-order valence-corrected chi connectivity index (χ2v) is 7.81. The van der Waals surface area contributed by atoms with E-state index in [1.807, 2.05) is 30.9 Å². The molecular formula is C23H28N2O3. The number of amides is 1. The van der Waals surface area contributed by atoms with Crippen LogP contribution in [0, 0.1) is 13.8 Å². The number of carbonyl (C=O) groups is 1. The number of rotatable bonds is 5. The van der Waals surface area contributed by atoms with Gasteiger partial charge in [0, 0.05) is 39.1 Å². The summed E-state index contributed by atoms with van der Waals surface area (Å²) in [6.45, 7) is 9.19. The molecule has 4 rings (SSSR count). The smallest absolute Gasteiger partial charge is 0.260 e. The normalized spacial score (nSPS) is 16.6. The fourth-order valence-electron chi connectivity index (χ4n) is 4.00. The molecule has 148 valence electrons. The topological polar surface area (TPSA) is 42.0 Å². The minimum Gasteiger partial charge on any atom is -0.493 e. The molecule has 0 atom stereocenters. The molecule has 0 N–H and O–H groups in total. The van der Waals surface area contributed by atoms with Gasteiger partial charge in [0.2, 0.25) is 0 Å². The Morgan fingerprint density at radius 3 is 2.54 bits per heavy atom. The van der Waals surface area contributed by atoms with Crippen molar-refractivity contribution in [3.8, 4) is 11.5 Å². The molecule has 1 fully saturated rings. The molecule has 0 saturated carbocycles. The van der Waals surface area contributed by atoms with Gasteiger partial charge in [-0.25, -0.2) is 0 Å². The van der Waals surface area contributed by atoms with Crippen LogP contribution >= 0.6 is 0 Å². The van der Waals surface area contributed by atoms with Crippen molar-refractivity contribution in [3.05, 3.63) is 58.7 Å². The molecule has 0 radical (unpaired) electrons. The van der Waals surface area contributed by atoms with Crippen molar-refractivity contribution in [3.63, 3.8) is 0 Å². The maximum absolute atomic E-state index is 12.5. The first-order valence-corrected chi connectivity index (χ1v) is 10.0. The van der Waals surface area contributed by atoms with E-state index in [1.54, 1.807) is 0 Å². The third kappa shape index (κ3) is 4.47. The number of hydrogen-bond acceptors (Lipinski definition) is 4. The van der Waals surface area contributed by atoms with Gasteiger partial charge in [-0.05, 0) is 54.3 Å². The number of aryl methyl sites for hydroxylation is 2. The molecule has 2 aromatic carbocycles. The first kappa shape index (κ1) is 18.8. The molecule has 0 aliphatic carbocycles. The van der Waals surface area contributed by atoms with E-state index in [-0.39, 0.29) is 12.5 Å². The van der Waals surface area contributed by atoms with Crippen LogP contribution in [0.15, 0.2) is 36.4 Å². The summed E-state index contributed by atoms with van der Waals surface area (Å²) in [6, 6.07) is 12.5. The SMILES string of the molecule is Cc1cc(C)cc(OCC(=O)N2CCN(Cc3ccc4c(c3)CCO4)CC2)c1. The lowest BCUT2D eigenvalue weighted by molar-refractivity contribution is -0.135. The van der Waals surface area contributed by atoms with Gasteiger partial charge in [-0.2, -0.15) is 0 Å². The molecule has 0 unspecified atom stereocenters. The molecule has 0 aromatic heterocycles. The minimum absolute atomic E-state index is 0.0634. The standard InChI is InChI=1S/C23H28N2O3/c1-17-11-18(2)13-21(12-17)28-16-23(26)25-8-6-24(7-9-25)15-19-3-4-22-20(14-19)5-10-27-22/h3-4,11-14H,5-10,15-16H2,1-2H3. The van der Waals surface area contributed by atoms with Gasteiger partial charge < -0.3 is 14.4 Å². The lowest BCUT2D eigenvalue weighted by Gasteiger charge is -2.34.